The highest BCUT2D eigenvalue weighted by atomic mass is 16.1. The minimum atomic E-state index is -0.165. The number of piperazine rings is 1. The summed E-state index contributed by atoms with van der Waals surface area (Å²) in [6.45, 7) is 5.82. The number of nitrogens with zero attached hydrogens (tertiary/aromatic N) is 3. The van der Waals surface area contributed by atoms with Crippen molar-refractivity contribution in [3.05, 3.63) is 90.1 Å². The van der Waals surface area contributed by atoms with Crippen LogP contribution in [0.2, 0.25) is 0 Å². The lowest BCUT2D eigenvalue weighted by molar-refractivity contribution is -0.111. The molecule has 0 spiro atoms. The SMILES string of the molecule is Cc1ccc(/C=C/C(=O)Nc2ccc(N3CCN(c4ccccc4)CC3)nc2)cc1. The van der Waals surface area contributed by atoms with Gasteiger partial charge < -0.3 is 15.1 Å². The van der Waals surface area contributed by atoms with Gasteiger partial charge in [-0.25, -0.2) is 4.98 Å². The van der Waals surface area contributed by atoms with Crippen LogP contribution < -0.4 is 15.1 Å². The van der Waals surface area contributed by atoms with Crippen molar-refractivity contribution in [3.8, 4) is 0 Å². The lowest BCUT2D eigenvalue weighted by Gasteiger charge is -2.36. The predicted molar refractivity (Wildman–Crippen MR) is 124 cm³/mol. The third kappa shape index (κ3) is 5.06. The van der Waals surface area contributed by atoms with Gasteiger partial charge in [0, 0.05) is 37.9 Å². The van der Waals surface area contributed by atoms with Crippen LogP contribution in [0.25, 0.3) is 6.08 Å². The van der Waals surface area contributed by atoms with E-state index in [9.17, 15) is 4.79 Å². The standard InChI is InChI=1S/C25H26N4O/c1-20-7-9-21(10-8-20)11-14-25(30)27-22-12-13-24(26-19-22)29-17-15-28(16-18-29)23-5-3-2-4-6-23/h2-14,19H,15-18H2,1H3,(H,27,30)/b14-11+. The Balaban J connectivity index is 1.30. The molecule has 0 radical (unpaired) electrons. The fourth-order valence-corrected chi connectivity index (χ4v) is 3.51. The molecule has 30 heavy (non-hydrogen) atoms. The number of anilines is 3. The first-order valence-corrected chi connectivity index (χ1v) is 10.2. The van der Waals surface area contributed by atoms with Crippen LogP contribution in [0.5, 0.6) is 0 Å². The number of carbonyl (C=O) groups is 1. The zero-order chi connectivity index (χ0) is 20.8. The van der Waals surface area contributed by atoms with Crippen LogP contribution in [0.4, 0.5) is 17.2 Å². The first-order chi connectivity index (χ1) is 14.7. The molecular formula is C25H26N4O. The number of aromatic nitrogens is 1. The Labute approximate surface area is 177 Å². The zero-order valence-electron chi connectivity index (χ0n) is 17.2. The summed E-state index contributed by atoms with van der Waals surface area (Å²) in [5, 5.41) is 2.87. The maximum Gasteiger partial charge on any atom is 0.248 e. The molecule has 2 heterocycles. The monoisotopic (exact) mass is 398 g/mol. The Morgan fingerprint density at radius 1 is 0.900 bits per heavy atom. The van der Waals surface area contributed by atoms with Crippen molar-refractivity contribution >= 4 is 29.2 Å². The minimum absolute atomic E-state index is 0.165. The molecule has 1 amide bonds. The van der Waals surface area contributed by atoms with Crippen LogP contribution in [0.3, 0.4) is 0 Å². The molecule has 1 N–H and O–H groups in total. The number of pyridine rings is 1. The molecule has 1 aliphatic rings. The Bertz CT molecular complexity index is 990. The number of para-hydroxylation sites is 1. The van der Waals surface area contributed by atoms with Gasteiger partial charge in [0.1, 0.15) is 5.82 Å². The average molecular weight is 399 g/mol. The maximum absolute atomic E-state index is 12.2. The molecule has 1 fully saturated rings. The van der Waals surface area contributed by atoms with E-state index in [1.165, 1.54) is 11.3 Å². The highest BCUT2D eigenvalue weighted by Crippen LogP contribution is 2.20. The summed E-state index contributed by atoms with van der Waals surface area (Å²) in [7, 11) is 0. The second-order valence-electron chi connectivity index (χ2n) is 7.45. The van der Waals surface area contributed by atoms with Crippen LogP contribution >= 0.6 is 0 Å². The van der Waals surface area contributed by atoms with E-state index in [0.717, 1.165) is 37.6 Å². The fraction of sp³-hybridized carbons (Fsp3) is 0.200. The Hall–Kier alpha value is -3.60. The molecule has 1 aliphatic heterocycles. The van der Waals surface area contributed by atoms with Crippen molar-refractivity contribution in [3.63, 3.8) is 0 Å². The summed E-state index contributed by atoms with van der Waals surface area (Å²) in [5.74, 6) is 0.775. The van der Waals surface area contributed by atoms with Gasteiger partial charge in [-0.15, -0.1) is 0 Å². The summed E-state index contributed by atoms with van der Waals surface area (Å²) in [6, 6.07) is 22.4. The van der Waals surface area contributed by atoms with Crippen LogP contribution in [-0.4, -0.2) is 37.1 Å². The van der Waals surface area contributed by atoms with E-state index >= 15 is 0 Å². The molecule has 5 heteroatoms. The van der Waals surface area contributed by atoms with Crippen molar-refractivity contribution in [2.75, 3.05) is 41.3 Å². The molecule has 0 saturated carbocycles. The van der Waals surface area contributed by atoms with Gasteiger partial charge in [0.25, 0.3) is 0 Å². The topological polar surface area (TPSA) is 48.5 Å². The Morgan fingerprint density at radius 2 is 1.60 bits per heavy atom. The molecule has 1 aromatic heterocycles. The first kappa shape index (κ1) is 19.7. The molecule has 152 valence electrons. The average Bonchev–Trinajstić information content (AvgIpc) is 2.80. The molecule has 3 aromatic rings. The van der Waals surface area contributed by atoms with E-state index < -0.39 is 0 Å². The maximum atomic E-state index is 12.2. The quantitative estimate of drug-likeness (QED) is 0.649. The van der Waals surface area contributed by atoms with Gasteiger partial charge in [-0.2, -0.15) is 0 Å². The van der Waals surface area contributed by atoms with Gasteiger partial charge in [-0.3, -0.25) is 4.79 Å². The number of amides is 1. The van der Waals surface area contributed by atoms with Crippen molar-refractivity contribution in [1.29, 1.82) is 0 Å². The summed E-state index contributed by atoms with van der Waals surface area (Å²) in [4.78, 5) is 21.4. The highest BCUT2D eigenvalue weighted by molar-refractivity contribution is 6.01. The number of nitrogens with one attached hydrogen (secondary N) is 1. The van der Waals surface area contributed by atoms with Gasteiger partial charge in [-0.05, 0) is 42.8 Å². The molecule has 0 unspecified atom stereocenters. The Morgan fingerprint density at radius 3 is 2.27 bits per heavy atom. The van der Waals surface area contributed by atoms with E-state index in [4.69, 9.17) is 0 Å². The summed E-state index contributed by atoms with van der Waals surface area (Å²) in [5.41, 5.74) is 4.16. The lowest BCUT2D eigenvalue weighted by atomic mass is 10.1. The van der Waals surface area contributed by atoms with Crippen molar-refractivity contribution in [1.82, 2.24) is 4.98 Å². The highest BCUT2D eigenvalue weighted by Gasteiger charge is 2.18. The summed E-state index contributed by atoms with van der Waals surface area (Å²) >= 11 is 0. The molecule has 0 atom stereocenters. The minimum Gasteiger partial charge on any atom is -0.368 e. The molecule has 1 saturated heterocycles. The molecule has 4 rings (SSSR count). The number of rotatable bonds is 5. The molecule has 0 aliphatic carbocycles. The van der Waals surface area contributed by atoms with Gasteiger partial charge in [0.2, 0.25) is 5.91 Å². The number of aryl methyl sites for hydroxylation is 1. The summed E-state index contributed by atoms with van der Waals surface area (Å²) in [6.07, 6.45) is 5.07. The molecule has 2 aromatic carbocycles. The third-order valence-electron chi connectivity index (χ3n) is 5.24. The smallest absolute Gasteiger partial charge is 0.248 e. The van der Waals surface area contributed by atoms with Crippen LogP contribution in [0.1, 0.15) is 11.1 Å². The predicted octanol–water partition coefficient (Wildman–Crippen LogP) is 4.37. The molecule has 0 bridgehead atoms. The van der Waals surface area contributed by atoms with Crippen LogP contribution in [0.15, 0.2) is 79.0 Å². The van der Waals surface area contributed by atoms with E-state index in [-0.39, 0.29) is 5.91 Å². The third-order valence-corrected chi connectivity index (χ3v) is 5.24. The second kappa shape index (κ2) is 9.27. The van der Waals surface area contributed by atoms with Crippen LogP contribution in [0, 0.1) is 6.92 Å². The van der Waals surface area contributed by atoms with Crippen molar-refractivity contribution in [2.45, 2.75) is 6.92 Å². The van der Waals surface area contributed by atoms with E-state index in [1.807, 2.05) is 55.5 Å². The first-order valence-electron chi connectivity index (χ1n) is 10.2. The normalized spacial score (nSPS) is 14.2. The van der Waals surface area contributed by atoms with E-state index in [2.05, 4.69) is 44.4 Å². The second-order valence-corrected chi connectivity index (χ2v) is 7.45. The number of hydrogen-bond acceptors (Lipinski definition) is 4. The van der Waals surface area contributed by atoms with E-state index in [0.29, 0.717) is 5.69 Å². The number of carbonyl (C=O) groups excluding carboxylic acids is 1. The molecular weight excluding hydrogens is 372 g/mol. The lowest BCUT2D eigenvalue weighted by Crippen LogP contribution is -2.46. The van der Waals surface area contributed by atoms with Crippen molar-refractivity contribution < 1.29 is 4.79 Å². The number of benzene rings is 2. The largest absolute Gasteiger partial charge is 0.368 e. The van der Waals surface area contributed by atoms with E-state index in [1.54, 1.807) is 12.3 Å². The fourth-order valence-electron chi connectivity index (χ4n) is 3.51. The van der Waals surface area contributed by atoms with Crippen molar-refractivity contribution in [2.24, 2.45) is 0 Å². The van der Waals surface area contributed by atoms with Gasteiger partial charge in [0.15, 0.2) is 0 Å². The Kier molecular flexibility index (Phi) is 6.09. The molecule has 5 nitrogen and oxygen atoms in total. The van der Waals surface area contributed by atoms with Gasteiger partial charge in [0.05, 0.1) is 11.9 Å². The van der Waals surface area contributed by atoms with Gasteiger partial charge >= 0.3 is 0 Å². The van der Waals surface area contributed by atoms with Gasteiger partial charge in [-0.1, -0.05) is 48.0 Å². The number of hydrogen-bond donors (Lipinski definition) is 1. The summed E-state index contributed by atoms with van der Waals surface area (Å²) < 4.78 is 0. The van der Waals surface area contributed by atoms with Crippen LogP contribution in [-0.2, 0) is 4.79 Å². The zero-order valence-corrected chi connectivity index (χ0v) is 17.2.